The van der Waals surface area contributed by atoms with Gasteiger partial charge >= 0.3 is 11.9 Å². The molecular weight excluding hydrogens is 484 g/mol. The number of hydrogen-bond donors (Lipinski definition) is 1. The zero-order valence-corrected chi connectivity index (χ0v) is 21.3. The molecule has 0 amide bonds. The molecular formula is C23H42O13. The number of ketones is 1. The molecule has 0 atom stereocenters. The van der Waals surface area contributed by atoms with Crippen LogP contribution in [-0.4, -0.2) is 135 Å². The van der Waals surface area contributed by atoms with Crippen molar-refractivity contribution in [1.82, 2.24) is 0 Å². The van der Waals surface area contributed by atoms with Gasteiger partial charge in [-0.25, -0.2) is 4.79 Å². The number of carbonyl (C=O) groups excluding carboxylic acids is 2. The summed E-state index contributed by atoms with van der Waals surface area (Å²) in [5.41, 5.74) is 0. The fraction of sp³-hybridized carbons (Fsp3) is 0.870. The molecule has 0 radical (unpaired) electrons. The summed E-state index contributed by atoms with van der Waals surface area (Å²) in [6, 6.07) is 0. The van der Waals surface area contributed by atoms with E-state index in [4.69, 9.17) is 47.7 Å². The van der Waals surface area contributed by atoms with Crippen molar-refractivity contribution in [3.05, 3.63) is 0 Å². The number of carbonyl (C=O) groups is 3. The van der Waals surface area contributed by atoms with Crippen LogP contribution in [0.2, 0.25) is 0 Å². The molecule has 0 aliphatic rings. The zero-order chi connectivity index (χ0) is 26.5. The van der Waals surface area contributed by atoms with E-state index in [1.165, 1.54) is 0 Å². The molecule has 0 heterocycles. The summed E-state index contributed by atoms with van der Waals surface area (Å²) >= 11 is 0. The Hall–Kier alpha value is -1.71. The van der Waals surface area contributed by atoms with Crippen LogP contribution in [0.1, 0.15) is 19.8 Å². The van der Waals surface area contributed by atoms with Crippen molar-refractivity contribution in [2.24, 2.45) is 0 Å². The second kappa shape index (κ2) is 27.9. The van der Waals surface area contributed by atoms with E-state index in [9.17, 15) is 14.4 Å². The summed E-state index contributed by atoms with van der Waals surface area (Å²) in [7, 11) is 0. The molecule has 0 aromatic carbocycles. The Morgan fingerprint density at radius 2 is 0.778 bits per heavy atom. The van der Waals surface area contributed by atoms with E-state index in [2.05, 4.69) is 0 Å². The predicted octanol–water partition coefficient (Wildman–Crippen LogP) is 0.116. The highest BCUT2D eigenvalue weighted by Crippen LogP contribution is 1.95. The van der Waals surface area contributed by atoms with Crippen molar-refractivity contribution < 1.29 is 62.1 Å². The van der Waals surface area contributed by atoms with E-state index in [0.717, 1.165) is 0 Å². The first-order chi connectivity index (χ1) is 17.6. The maximum absolute atomic E-state index is 11.3. The van der Waals surface area contributed by atoms with E-state index in [1.807, 2.05) is 6.92 Å². The summed E-state index contributed by atoms with van der Waals surface area (Å²) < 4.78 is 47.4. The molecule has 0 fully saturated rings. The van der Waals surface area contributed by atoms with Crippen LogP contribution in [0.4, 0.5) is 0 Å². The molecule has 212 valence electrons. The molecule has 13 nitrogen and oxygen atoms in total. The van der Waals surface area contributed by atoms with Gasteiger partial charge in [-0.15, -0.1) is 0 Å². The van der Waals surface area contributed by atoms with Gasteiger partial charge in [0.05, 0.1) is 106 Å². The van der Waals surface area contributed by atoms with Crippen molar-refractivity contribution in [2.75, 3.05) is 112 Å². The lowest BCUT2D eigenvalue weighted by molar-refractivity contribution is -0.151. The number of ether oxygens (including phenoxy) is 9. The topological polar surface area (TPSA) is 155 Å². The SMILES string of the molecule is CCOCCOCCOCCOCCOCCOCCOCCOCCOC(=O)CCC(=O)C(=O)O. The van der Waals surface area contributed by atoms with Gasteiger partial charge in [-0.05, 0) is 6.92 Å². The molecule has 36 heavy (non-hydrogen) atoms. The lowest BCUT2D eigenvalue weighted by Gasteiger charge is -2.08. The number of hydrogen-bond acceptors (Lipinski definition) is 12. The van der Waals surface area contributed by atoms with Gasteiger partial charge in [0.1, 0.15) is 6.61 Å². The number of Topliss-reactive ketones (excluding diaryl/α,β-unsaturated/α-hetero) is 1. The highest BCUT2D eigenvalue weighted by molar-refractivity contribution is 6.32. The molecule has 0 aliphatic heterocycles. The van der Waals surface area contributed by atoms with Crippen molar-refractivity contribution >= 4 is 17.7 Å². The normalized spacial score (nSPS) is 11.0. The first kappa shape index (κ1) is 34.3. The molecule has 0 unspecified atom stereocenters. The quantitative estimate of drug-likeness (QED) is 0.0797. The standard InChI is InChI=1S/C23H42O13/c1-2-28-5-6-29-7-8-30-9-10-31-11-12-32-13-14-33-15-16-34-17-18-35-19-20-36-22(25)4-3-21(24)23(26)27/h2-20H2,1H3,(H,26,27). The van der Waals surface area contributed by atoms with E-state index < -0.39 is 17.7 Å². The Morgan fingerprint density at radius 1 is 0.472 bits per heavy atom. The number of aliphatic carboxylic acids is 1. The highest BCUT2D eigenvalue weighted by Gasteiger charge is 2.14. The third-order valence-electron chi connectivity index (χ3n) is 4.09. The van der Waals surface area contributed by atoms with Crippen LogP contribution in [0, 0.1) is 0 Å². The minimum atomic E-state index is -1.56. The molecule has 0 rings (SSSR count). The second-order valence-electron chi connectivity index (χ2n) is 6.93. The molecule has 13 heteroatoms. The van der Waals surface area contributed by atoms with E-state index in [0.29, 0.717) is 99.1 Å². The number of carboxylic acid groups (broad SMARTS) is 1. The van der Waals surface area contributed by atoms with Gasteiger partial charge in [0, 0.05) is 13.0 Å². The Morgan fingerprint density at radius 3 is 1.08 bits per heavy atom. The Labute approximate surface area is 212 Å². The van der Waals surface area contributed by atoms with E-state index in [-0.39, 0.29) is 26.1 Å². The van der Waals surface area contributed by atoms with Gasteiger partial charge in [-0.2, -0.15) is 0 Å². The van der Waals surface area contributed by atoms with Crippen molar-refractivity contribution in [3.63, 3.8) is 0 Å². The van der Waals surface area contributed by atoms with Crippen LogP contribution in [-0.2, 0) is 57.0 Å². The van der Waals surface area contributed by atoms with E-state index in [1.54, 1.807) is 0 Å². The van der Waals surface area contributed by atoms with Gasteiger partial charge < -0.3 is 47.7 Å². The lowest BCUT2D eigenvalue weighted by atomic mass is 10.2. The molecule has 0 aliphatic carbocycles. The Kier molecular flexibility index (Phi) is 26.5. The monoisotopic (exact) mass is 526 g/mol. The van der Waals surface area contributed by atoms with E-state index >= 15 is 0 Å². The summed E-state index contributed by atoms with van der Waals surface area (Å²) in [6.45, 7) is 9.51. The predicted molar refractivity (Wildman–Crippen MR) is 125 cm³/mol. The summed E-state index contributed by atoms with van der Waals surface area (Å²) in [5.74, 6) is -3.23. The first-order valence-electron chi connectivity index (χ1n) is 12.1. The summed E-state index contributed by atoms with van der Waals surface area (Å²) in [6.07, 6.45) is -0.648. The summed E-state index contributed by atoms with van der Waals surface area (Å²) in [5, 5.41) is 8.41. The van der Waals surface area contributed by atoms with Crippen molar-refractivity contribution in [3.8, 4) is 0 Å². The van der Waals surface area contributed by atoms with Crippen LogP contribution in [0.15, 0.2) is 0 Å². The third-order valence-corrected chi connectivity index (χ3v) is 4.09. The van der Waals surface area contributed by atoms with Crippen molar-refractivity contribution in [1.29, 1.82) is 0 Å². The lowest BCUT2D eigenvalue weighted by Crippen LogP contribution is -2.17. The van der Waals surface area contributed by atoms with Crippen LogP contribution in [0.5, 0.6) is 0 Å². The van der Waals surface area contributed by atoms with Crippen molar-refractivity contribution in [2.45, 2.75) is 19.8 Å². The highest BCUT2D eigenvalue weighted by atomic mass is 16.6. The van der Waals surface area contributed by atoms with Gasteiger partial charge in [0.25, 0.3) is 0 Å². The van der Waals surface area contributed by atoms with Gasteiger partial charge in [0.2, 0.25) is 5.78 Å². The van der Waals surface area contributed by atoms with Gasteiger partial charge in [0.15, 0.2) is 0 Å². The average Bonchev–Trinajstić information content (AvgIpc) is 2.87. The number of esters is 1. The largest absolute Gasteiger partial charge is 0.476 e. The molecule has 0 saturated carbocycles. The van der Waals surface area contributed by atoms with Gasteiger partial charge in [-0.1, -0.05) is 0 Å². The Bertz CT molecular complexity index is 530. The van der Waals surface area contributed by atoms with Crippen LogP contribution < -0.4 is 0 Å². The first-order valence-corrected chi connectivity index (χ1v) is 12.1. The minimum absolute atomic E-state index is 0.0210. The maximum Gasteiger partial charge on any atom is 0.372 e. The second-order valence-corrected chi connectivity index (χ2v) is 6.93. The molecule has 0 saturated heterocycles. The number of rotatable bonds is 29. The zero-order valence-electron chi connectivity index (χ0n) is 21.3. The smallest absolute Gasteiger partial charge is 0.372 e. The Balaban J connectivity index is 3.14. The minimum Gasteiger partial charge on any atom is -0.476 e. The van der Waals surface area contributed by atoms with Crippen LogP contribution in [0.25, 0.3) is 0 Å². The third kappa shape index (κ3) is 26.9. The fourth-order valence-corrected chi connectivity index (χ4v) is 2.29. The maximum atomic E-state index is 11.3. The van der Waals surface area contributed by atoms with Crippen LogP contribution in [0.3, 0.4) is 0 Å². The summed E-state index contributed by atoms with van der Waals surface area (Å²) in [4.78, 5) is 32.5. The molecule has 0 spiro atoms. The molecule has 0 aromatic rings. The number of carboxylic acids is 1. The molecule has 0 bridgehead atoms. The molecule has 1 N–H and O–H groups in total. The fourth-order valence-electron chi connectivity index (χ4n) is 2.29. The average molecular weight is 527 g/mol. The van der Waals surface area contributed by atoms with Crippen LogP contribution >= 0.6 is 0 Å². The van der Waals surface area contributed by atoms with Gasteiger partial charge in [-0.3, -0.25) is 9.59 Å². The molecule has 0 aromatic heterocycles.